The average molecular weight is 353 g/mol. The first-order valence-corrected chi connectivity index (χ1v) is 7.72. The minimum Gasteiger partial charge on any atom is -0.383 e. The Labute approximate surface area is 129 Å². The zero-order valence-corrected chi connectivity index (χ0v) is 13.2. The van der Waals surface area contributed by atoms with Crippen LogP contribution in [-0.4, -0.2) is 12.0 Å². The molecule has 0 spiro atoms. The van der Waals surface area contributed by atoms with Gasteiger partial charge >= 0.3 is 0 Å². The lowest BCUT2D eigenvalue weighted by Crippen LogP contribution is -1.97. The molecule has 0 fully saturated rings. The number of nitro groups is 1. The summed E-state index contributed by atoms with van der Waals surface area (Å²) < 4.78 is 1.06. The molecule has 104 valence electrons. The average Bonchev–Trinajstić information content (AvgIpc) is 2.46. The highest BCUT2D eigenvalue weighted by Gasteiger charge is 2.12. The van der Waals surface area contributed by atoms with Crippen LogP contribution >= 0.6 is 27.7 Å². The van der Waals surface area contributed by atoms with Crippen molar-refractivity contribution in [2.75, 3.05) is 12.4 Å². The van der Waals surface area contributed by atoms with Crippen LogP contribution in [0, 0.1) is 10.1 Å². The molecule has 4 nitrogen and oxygen atoms in total. The molecule has 0 aromatic heterocycles. The molecule has 6 heteroatoms. The lowest BCUT2D eigenvalue weighted by atomic mass is 10.2. The van der Waals surface area contributed by atoms with E-state index in [0.29, 0.717) is 5.69 Å². The van der Waals surface area contributed by atoms with Crippen molar-refractivity contribution < 1.29 is 4.92 Å². The van der Waals surface area contributed by atoms with E-state index in [2.05, 4.69) is 21.2 Å². The van der Waals surface area contributed by atoms with Crippen LogP contribution in [0.2, 0.25) is 0 Å². The lowest BCUT2D eigenvalue weighted by Gasteiger charge is -2.07. The Kier molecular flexibility index (Phi) is 5.03. The van der Waals surface area contributed by atoms with Gasteiger partial charge < -0.3 is 5.32 Å². The summed E-state index contributed by atoms with van der Waals surface area (Å²) in [7, 11) is 1.69. The van der Waals surface area contributed by atoms with Crippen molar-refractivity contribution in [1.82, 2.24) is 0 Å². The number of halogens is 1. The van der Waals surface area contributed by atoms with E-state index >= 15 is 0 Å². The second kappa shape index (κ2) is 6.76. The first kappa shape index (κ1) is 14.9. The molecule has 0 saturated carbocycles. The van der Waals surface area contributed by atoms with E-state index in [0.717, 1.165) is 20.7 Å². The first-order valence-electron chi connectivity index (χ1n) is 5.94. The summed E-state index contributed by atoms with van der Waals surface area (Å²) in [6.07, 6.45) is 0. The van der Waals surface area contributed by atoms with Crippen LogP contribution < -0.4 is 5.32 Å². The van der Waals surface area contributed by atoms with Crippen molar-refractivity contribution in [1.29, 1.82) is 0 Å². The zero-order valence-electron chi connectivity index (χ0n) is 10.8. The number of nitrogens with zero attached hydrogens (tertiary/aromatic N) is 1. The monoisotopic (exact) mass is 352 g/mol. The maximum absolute atomic E-state index is 10.9. The van der Waals surface area contributed by atoms with Crippen molar-refractivity contribution >= 4 is 39.1 Å². The highest BCUT2D eigenvalue weighted by molar-refractivity contribution is 9.10. The molecular weight excluding hydrogens is 340 g/mol. The second-order valence-corrected chi connectivity index (χ2v) is 5.95. The number of nitro benzene ring substituents is 1. The second-order valence-electron chi connectivity index (χ2n) is 4.08. The summed E-state index contributed by atoms with van der Waals surface area (Å²) in [5.41, 5.74) is 1.68. The summed E-state index contributed by atoms with van der Waals surface area (Å²) in [5.74, 6) is 0.759. The molecule has 20 heavy (non-hydrogen) atoms. The van der Waals surface area contributed by atoms with Crippen molar-refractivity contribution in [2.24, 2.45) is 0 Å². The molecular formula is C14H13BrN2O2S. The van der Waals surface area contributed by atoms with E-state index in [-0.39, 0.29) is 10.6 Å². The van der Waals surface area contributed by atoms with Gasteiger partial charge in [0, 0.05) is 28.2 Å². The molecule has 0 aliphatic rings. The summed E-state index contributed by atoms with van der Waals surface area (Å²) >= 11 is 5.20. The van der Waals surface area contributed by atoms with Crippen molar-refractivity contribution in [3.63, 3.8) is 0 Å². The molecule has 0 aliphatic carbocycles. The molecule has 2 aromatic rings. The summed E-state index contributed by atoms with van der Waals surface area (Å²) in [6.45, 7) is 0. The Bertz CT molecular complexity index is 634. The van der Waals surface area contributed by atoms with Gasteiger partial charge in [-0.1, -0.05) is 18.2 Å². The fourth-order valence-corrected chi connectivity index (χ4v) is 3.27. The van der Waals surface area contributed by atoms with Gasteiger partial charge in [-0.25, -0.2) is 0 Å². The molecule has 0 atom stereocenters. The standard InChI is InChI=1S/C14H13BrN2O2S/c1-16-12-8-10(6-7-13(12)17(18)19)9-20-14-5-3-2-4-11(14)15/h2-8,16H,9H2,1H3. The number of rotatable bonds is 5. The van der Waals surface area contributed by atoms with Gasteiger partial charge in [0.1, 0.15) is 5.69 Å². The third-order valence-electron chi connectivity index (χ3n) is 2.76. The van der Waals surface area contributed by atoms with Crippen molar-refractivity contribution in [2.45, 2.75) is 10.6 Å². The number of benzene rings is 2. The van der Waals surface area contributed by atoms with Crippen LogP contribution in [0.5, 0.6) is 0 Å². The maximum atomic E-state index is 10.9. The zero-order chi connectivity index (χ0) is 14.5. The smallest absolute Gasteiger partial charge is 0.292 e. The third kappa shape index (κ3) is 3.52. The molecule has 0 saturated heterocycles. The number of thioether (sulfide) groups is 1. The van der Waals surface area contributed by atoms with E-state index in [4.69, 9.17) is 0 Å². The first-order chi connectivity index (χ1) is 9.61. The maximum Gasteiger partial charge on any atom is 0.292 e. The summed E-state index contributed by atoms with van der Waals surface area (Å²) in [6, 6.07) is 13.2. The minimum absolute atomic E-state index is 0.0992. The van der Waals surface area contributed by atoms with Gasteiger partial charge in [0.25, 0.3) is 5.69 Å². The number of hydrogen-bond acceptors (Lipinski definition) is 4. The lowest BCUT2D eigenvalue weighted by molar-refractivity contribution is -0.383. The highest BCUT2D eigenvalue weighted by atomic mass is 79.9. The van der Waals surface area contributed by atoms with E-state index < -0.39 is 0 Å². The van der Waals surface area contributed by atoms with Gasteiger partial charge in [-0.15, -0.1) is 11.8 Å². The van der Waals surface area contributed by atoms with Crippen LogP contribution in [0.15, 0.2) is 51.8 Å². The summed E-state index contributed by atoms with van der Waals surface area (Å²) in [4.78, 5) is 11.6. The molecule has 0 radical (unpaired) electrons. The number of anilines is 1. The molecule has 2 aromatic carbocycles. The Morgan fingerprint density at radius 3 is 2.70 bits per heavy atom. The Hall–Kier alpha value is -1.53. The van der Waals surface area contributed by atoms with E-state index in [1.807, 2.05) is 30.3 Å². The van der Waals surface area contributed by atoms with Crippen LogP contribution in [0.25, 0.3) is 0 Å². The van der Waals surface area contributed by atoms with Gasteiger partial charge in [-0.05, 0) is 39.7 Å². The van der Waals surface area contributed by atoms with E-state index in [1.54, 1.807) is 30.9 Å². The molecule has 0 aliphatic heterocycles. The quantitative estimate of drug-likeness (QED) is 0.481. The van der Waals surface area contributed by atoms with Crippen molar-refractivity contribution in [3.8, 4) is 0 Å². The molecule has 0 amide bonds. The van der Waals surface area contributed by atoms with Gasteiger partial charge in [-0.3, -0.25) is 10.1 Å². The van der Waals surface area contributed by atoms with Gasteiger partial charge in [0.15, 0.2) is 0 Å². The Morgan fingerprint density at radius 1 is 1.30 bits per heavy atom. The number of nitrogens with one attached hydrogen (secondary N) is 1. The minimum atomic E-state index is -0.378. The van der Waals surface area contributed by atoms with E-state index in [1.165, 1.54) is 0 Å². The number of hydrogen-bond donors (Lipinski definition) is 1. The van der Waals surface area contributed by atoms with Gasteiger partial charge in [-0.2, -0.15) is 0 Å². The van der Waals surface area contributed by atoms with Crippen molar-refractivity contribution in [3.05, 3.63) is 62.6 Å². The fraction of sp³-hybridized carbons (Fsp3) is 0.143. The van der Waals surface area contributed by atoms with Crippen LogP contribution in [0.3, 0.4) is 0 Å². The van der Waals surface area contributed by atoms with Crippen LogP contribution in [0.4, 0.5) is 11.4 Å². The van der Waals surface area contributed by atoms with Crippen LogP contribution in [0.1, 0.15) is 5.56 Å². The van der Waals surface area contributed by atoms with Gasteiger partial charge in [0.05, 0.1) is 4.92 Å². The Morgan fingerprint density at radius 2 is 2.05 bits per heavy atom. The predicted molar refractivity (Wildman–Crippen MR) is 86.3 cm³/mol. The predicted octanol–water partition coefficient (Wildman–Crippen LogP) is 4.69. The largest absolute Gasteiger partial charge is 0.383 e. The summed E-state index contributed by atoms with van der Waals surface area (Å²) in [5, 5.41) is 13.7. The Balaban J connectivity index is 2.15. The molecule has 0 heterocycles. The normalized spacial score (nSPS) is 10.3. The fourth-order valence-electron chi connectivity index (χ4n) is 1.76. The molecule has 0 bridgehead atoms. The third-order valence-corrected chi connectivity index (χ3v) is 4.86. The SMILES string of the molecule is CNc1cc(CSc2ccccc2Br)ccc1[N+](=O)[O-]. The highest BCUT2D eigenvalue weighted by Crippen LogP contribution is 2.32. The molecule has 2 rings (SSSR count). The molecule has 0 unspecified atom stereocenters. The topological polar surface area (TPSA) is 55.2 Å². The molecule has 1 N–H and O–H groups in total. The van der Waals surface area contributed by atoms with E-state index in [9.17, 15) is 10.1 Å². The van der Waals surface area contributed by atoms with Crippen LogP contribution in [-0.2, 0) is 5.75 Å². The van der Waals surface area contributed by atoms with Gasteiger partial charge in [0.2, 0.25) is 0 Å².